The molecule has 0 fully saturated rings. The number of esters is 5. The largest absolute Gasteiger partial charge is 0.456 e. The Morgan fingerprint density at radius 2 is 1.51 bits per heavy atom. The van der Waals surface area contributed by atoms with E-state index in [-0.39, 0.29) is 42.4 Å². The zero-order chi connectivity index (χ0) is 26.9. The van der Waals surface area contributed by atoms with E-state index in [1.165, 1.54) is 12.2 Å². The molecule has 11 heteroatoms. The van der Waals surface area contributed by atoms with E-state index < -0.39 is 71.7 Å². The van der Waals surface area contributed by atoms with Gasteiger partial charge in [-0.3, -0.25) is 0 Å². The van der Waals surface area contributed by atoms with E-state index in [0.29, 0.717) is 6.42 Å². The summed E-state index contributed by atoms with van der Waals surface area (Å²) in [5, 5.41) is 33.6. The summed E-state index contributed by atoms with van der Waals surface area (Å²) in [7, 11) is 0. The number of aliphatic hydroxyl groups is 3. The summed E-state index contributed by atoms with van der Waals surface area (Å²) in [6.07, 6.45) is 0.0132. The number of cyclic esters (lactones) is 5. The molecule has 37 heavy (non-hydrogen) atoms. The normalized spacial score (nSPS) is 29.7. The number of aliphatic hydroxyl groups excluding tert-OH is 3. The number of hydrogen-bond donors (Lipinski definition) is 3. The van der Waals surface area contributed by atoms with Gasteiger partial charge in [-0.25, -0.2) is 24.0 Å². The minimum Gasteiger partial charge on any atom is -0.456 e. The molecule has 3 aliphatic heterocycles. The molecule has 6 atom stereocenters. The summed E-state index contributed by atoms with van der Waals surface area (Å²) in [6, 6.07) is 0. The summed E-state index contributed by atoms with van der Waals surface area (Å²) in [4.78, 5) is 62.6. The molecular formula is C26H30O11. The Kier molecular flexibility index (Phi) is 8.05. The van der Waals surface area contributed by atoms with Crippen molar-refractivity contribution in [3.8, 4) is 0 Å². The first-order valence-corrected chi connectivity index (χ1v) is 12.5. The van der Waals surface area contributed by atoms with Gasteiger partial charge >= 0.3 is 29.8 Å². The molecule has 0 aromatic rings. The van der Waals surface area contributed by atoms with E-state index in [1.807, 2.05) is 6.92 Å². The lowest BCUT2D eigenvalue weighted by molar-refractivity contribution is -0.154. The summed E-state index contributed by atoms with van der Waals surface area (Å²) in [5.74, 6) is -7.33. The highest BCUT2D eigenvalue weighted by Gasteiger charge is 2.51. The highest BCUT2D eigenvalue weighted by molar-refractivity contribution is 6.15. The summed E-state index contributed by atoms with van der Waals surface area (Å²) < 4.78 is 14.8. The fourth-order valence-electron chi connectivity index (χ4n) is 5.48. The topological polar surface area (TPSA) is 174 Å². The van der Waals surface area contributed by atoms with Gasteiger partial charge in [-0.05, 0) is 25.2 Å². The van der Waals surface area contributed by atoms with Crippen LogP contribution in [0.1, 0.15) is 58.3 Å². The van der Waals surface area contributed by atoms with Gasteiger partial charge < -0.3 is 29.5 Å². The Morgan fingerprint density at radius 1 is 0.892 bits per heavy atom. The van der Waals surface area contributed by atoms with Crippen LogP contribution in [0, 0.1) is 11.8 Å². The predicted molar refractivity (Wildman–Crippen MR) is 123 cm³/mol. The Bertz CT molecular complexity index is 1100. The second kappa shape index (κ2) is 11.1. The van der Waals surface area contributed by atoms with Crippen LogP contribution in [0.2, 0.25) is 0 Å². The van der Waals surface area contributed by atoms with E-state index in [4.69, 9.17) is 14.2 Å². The maximum Gasteiger partial charge on any atom is 0.345 e. The van der Waals surface area contributed by atoms with Crippen LogP contribution in [0.5, 0.6) is 0 Å². The zero-order valence-corrected chi connectivity index (χ0v) is 20.4. The van der Waals surface area contributed by atoms with E-state index >= 15 is 0 Å². The number of carbonyl (C=O) groups is 5. The predicted octanol–water partition coefficient (Wildman–Crippen LogP) is 0.697. The van der Waals surface area contributed by atoms with Crippen molar-refractivity contribution in [2.24, 2.45) is 11.8 Å². The monoisotopic (exact) mass is 518 g/mol. The lowest BCUT2D eigenvalue weighted by Crippen LogP contribution is -2.39. The Hall–Kier alpha value is -3.15. The maximum absolute atomic E-state index is 12.8. The molecule has 11 nitrogen and oxygen atoms in total. The molecule has 1 aliphatic carbocycles. The first-order chi connectivity index (χ1) is 17.6. The quantitative estimate of drug-likeness (QED) is 0.179. The number of ether oxygens (including phenoxy) is 3. The standard InChI is InChI=1S/C26H30O11/c1-2-3-4-5-7-15(27)20-18-13(23(31)36-25(18)33)10-12(21(29)16-8-6-9-17(28)35-16)11-14-19(22(20)30)26(34)37-24(14)32/h6,9,12,15-16,20-22,27,29-30H,2-5,7-8,10-11H2,1H3. The van der Waals surface area contributed by atoms with Gasteiger partial charge in [0.2, 0.25) is 0 Å². The lowest BCUT2D eigenvalue weighted by atomic mass is 9.80. The van der Waals surface area contributed by atoms with Crippen molar-refractivity contribution in [3.63, 3.8) is 0 Å². The highest BCUT2D eigenvalue weighted by atomic mass is 16.6. The minimum atomic E-state index is -1.84. The van der Waals surface area contributed by atoms with Crippen LogP contribution < -0.4 is 0 Å². The zero-order valence-electron chi connectivity index (χ0n) is 20.4. The molecule has 4 rings (SSSR count). The third-order valence-electron chi connectivity index (χ3n) is 7.38. The first kappa shape index (κ1) is 26.9. The average molecular weight is 519 g/mol. The van der Waals surface area contributed by atoms with Gasteiger partial charge in [-0.15, -0.1) is 0 Å². The van der Waals surface area contributed by atoms with E-state index in [0.717, 1.165) is 19.3 Å². The molecule has 6 unspecified atom stereocenters. The van der Waals surface area contributed by atoms with Gasteiger partial charge in [0.25, 0.3) is 0 Å². The summed E-state index contributed by atoms with van der Waals surface area (Å²) in [6.45, 7) is 2.02. The number of hydrogen-bond acceptors (Lipinski definition) is 11. The summed E-state index contributed by atoms with van der Waals surface area (Å²) in [5.41, 5.74) is -1.10. The summed E-state index contributed by atoms with van der Waals surface area (Å²) >= 11 is 0. The van der Waals surface area contributed by atoms with Crippen molar-refractivity contribution >= 4 is 29.8 Å². The molecule has 3 N–H and O–H groups in total. The van der Waals surface area contributed by atoms with Crippen LogP contribution in [0.15, 0.2) is 34.4 Å². The number of carbonyl (C=O) groups excluding carboxylic acids is 5. The van der Waals surface area contributed by atoms with Crippen molar-refractivity contribution in [1.82, 2.24) is 0 Å². The third-order valence-corrected chi connectivity index (χ3v) is 7.38. The number of unbranched alkanes of at least 4 members (excludes halogenated alkanes) is 3. The molecule has 0 amide bonds. The van der Waals surface area contributed by atoms with Crippen LogP contribution in [0.4, 0.5) is 0 Å². The molecule has 0 aromatic heterocycles. The molecule has 0 saturated carbocycles. The fraction of sp³-hybridized carbons (Fsp3) is 0.577. The van der Waals surface area contributed by atoms with E-state index in [1.54, 1.807) is 0 Å². The third kappa shape index (κ3) is 5.29. The second-order valence-electron chi connectivity index (χ2n) is 9.80. The fourth-order valence-corrected chi connectivity index (χ4v) is 5.48. The van der Waals surface area contributed by atoms with Crippen molar-refractivity contribution in [2.45, 2.75) is 82.7 Å². The Morgan fingerprint density at radius 3 is 2.14 bits per heavy atom. The first-order valence-electron chi connectivity index (χ1n) is 12.5. The highest BCUT2D eigenvalue weighted by Crippen LogP contribution is 2.43. The SMILES string of the molecule is CCCCCCC(O)C1C2=C(CC(C(O)C3CC=CC(=O)O3)CC3=C(C(=O)OC3=O)C1O)C(=O)OC2=O. The molecule has 0 saturated heterocycles. The van der Waals surface area contributed by atoms with Crippen molar-refractivity contribution in [2.75, 3.05) is 0 Å². The van der Waals surface area contributed by atoms with Gasteiger partial charge in [0.1, 0.15) is 6.10 Å². The van der Waals surface area contributed by atoms with Crippen molar-refractivity contribution < 1.29 is 53.5 Å². The molecule has 200 valence electrons. The molecular weight excluding hydrogens is 488 g/mol. The molecule has 0 aromatic carbocycles. The van der Waals surface area contributed by atoms with E-state index in [9.17, 15) is 39.3 Å². The Labute approximate surface area is 212 Å². The maximum atomic E-state index is 12.8. The van der Waals surface area contributed by atoms with Crippen LogP contribution >= 0.6 is 0 Å². The minimum absolute atomic E-state index is 0.155. The lowest BCUT2D eigenvalue weighted by Gasteiger charge is -2.30. The van der Waals surface area contributed by atoms with Crippen LogP contribution in [0.3, 0.4) is 0 Å². The van der Waals surface area contributed by atoms with Gasteiger partial charge in [0.15, 0.2) is 0 Å². The van der Waals surface area contributed by atoms with Gasteiger partial charge in [0, 0.05) is 24.0 Å². The van der Waals surface area contributed by atoms with Crippen molar-refractivity contribution in [3.05, 3.63) is 34.4 Å². The molecule has 0 spiro atoms. The van der Waals surface area contributed by atoms with Gasteiger partial charge in [-0.2, -0.15) is 0 Å². The van der Waals surface area contributed by atoms with Gasteiger partial charge in [-0.1, -0.05) is 38.7 Å². The van der Waals surface area contributed by atoms with Crippen LogP contribution in [0.25, 0.3) is 0 Å². The number of rotatable bonds is 8. The van der Waals surface area contributed by atoms with E-state index in [2.05, 4.69) is 0 Å². The second-order valence-corrected chi connectivity index (χ2v) is 9.80. The smallest absolute Gasteiger partial charge is 0.345 e. The average Bonchev–Trinajstić information content (AvgIpc) is 3.30. The molecule has 0 radical (unpaired) electrons. The van der Waals surface area contributed by atoms with Crippen LogP contribution in [-0.4, -0.2) is 69.6 Å². The van der Waals surface area contributed by atoms with Gasteiger partial charge in [0.05, 0.1) is 35.0 Å². The molecule has 3 heterocycles. The van der Waals surface area contributed by atoms with Crippen LogP contribution in [-0.2, 0) is 38.2 Å². The Balaban J connectivity index is 1.78. The van der Waals surface area contributed by atoms with Crippen molar-refractivity contribution in [1.29, 1.82) is 0 Å². The molecule has 4 aliphatic rings. The molecule has 0 bridgehead atoms.